The molecule has 0 aliphatic rings. The van der Waals surface area contributed by atoms with Gasteiger partial charge in [-0.1, -0.05) is 6.07 Å². The van der Waals surface area contributed by atoms with E-state index in [1.165, 1.54) is 14.2 Å². The van der Waals surface area contributed by atoms with Crippen molar-refractivity contribution in [3.05, 3.63) is 119 Å². The number of esters is 2. The van der Waals surface area contributed by atoms with E-state index in [1.807, 2.05) is 0 Å². The molecule has 0 unspecified atom stereocenters. The minimum atomic E-state index is -0.460. The number of rotatable bonds is 8. The molecule has 0 heterocycles. The minimum absolute atomic E-state index is 0.328. The monoisotopic (exact) mass is 524 g/mol. The third kappa shape index (κ3) is 6.86. The molecule has 9 heteroatoms. The molecule has 0 aliphatic heterocycles. The van der Waals surface area contributed by atoms with Gasteiger partial charge in [-0.3, -0.25) is 9.59 Å². The maximum absolute atomic E-state index is 12.7. The lowest BCUT2D eigenvalue weighted by atomic mass is 10.1. The number of hydrogen-bond donors (Lipinski definition) is 2. The number of ether oxygens (including phenoxy) is 3. The van der Waals surface area contributed by atoms with Gasteiger partial charge in [-0.15, -0.1) is 0 Å². The SMILES string of the molecule is COC(=O)c1ccc(NC(=O)c2ccc(Oc3cccc(C(=O)Nc4ccc(C(=O)OC)cc4)c3)cc2)cc1. The number of methoxy groups -OCH3 is 2. The molecule has 0 aliphatic carbocycles. The first-order valence-electron chi connectivity index (χ1n) is 11.7. The van der Waals surface area contributed by atoms with Gasteiger partial charge in [-0.2, -0.15) is 0 Å². The number of carbonyl (C=O) groups excluding carboxylic acids is 4. The second kappa shape index (κ2) is 12.2. The van der Waals surface area contributed by atoms with Gasteiger partial charge in [-0.25, -0.2) is 9.59 Å². The van der Waals surface area contributed by atoms with Crippen molar-refractivity contribution in [2.45, 2.75) is 0 Å². The van der Waals surface area contributed by atoms with Crippen LogP contribution in [0.4, 0.5) is 11.4 Å². The first-order chi connectivity index (χ1) is 18.9. The quantitative estimate of drug-likeness (QED) is 0.290. The van der Waals surface area contributed by atoms with E-state index in [9.17, 15) is 19.2 Å². The fraction of sp³-hybridized carbons (Fsp3) is 0.0667. The molecule has 0 atom stereocenters. The van der Waals surface area contributed by atoms with E-state index in [1.54, 1.807) is 97.1 Å². The average molecular weight is 525 g/mol. The smallest absolute Gasteiger partial charge is 0.337 e. The van der Waals surface area contributed by atoms with Gasteiger partial charge < -0.3 is 24.8 Å². The largest absolute Gasteiger partial charge is 0.465 e. The Morgan fingerprint density at radius 3 is 1.46 bits per heavy atom. The van der Waals surface area contributed by atoms with Gasteiger partial charge in [0.2, 0.25) is 0 Å². The molecule has 0 radical (unpaired) electrons. The highest BCUT2D eigenvalue weighted by atomic mass is 16.5. The van der Waals surface area contributed by atoms with Crippen LogP contribution in [0.25, 0.3) is 0 Å². The van der Waals surface area contributed by atoms with Crippen molar-refractivity contribution in [1.82, 2.24) is 0 Å². The summed E-state index contributed by atoms with van der Waals surface area (Å²) in [6.45, 7) is 0. The standard InChI is InChI=1S/C30H24N2O7/c1-37-29(35)20-6-12-23(13-7-20)31-27(33)19-10-16-25(17-11-19)39-26-5-3-4-22(18-26)28(34)32-24-14-8-21(9-15-24)30(36)38-2/h3-18H,1-2H3,(H,31,33)(H,32,34). The highest BCUT2D eigenvalue weighted by molar-refractivity contribution is 6.05. The van der Waals surface area contributed by atoms with Gasteiger partial charge in [0, 0.05) is 22.5 Å². The lowest BCUT2D eigenvalue weighted by Gasteiger charge is -2.10. The van der Waals surface area contributed by atoms with Gasteiger partial charge in [0.25, 0.3) is 11.8 Å². The van der Waals surface area contributed by atoms with E-state index in [4.69, 9.17) is 4.74 Å². The van der Waals surface area contributed by atoms with Crippen molar-refractivity contribution in [3.8, 4) is 11.5 Å². The molecule has 0 bridgehead atoms. The van der Waals surface area contributed by atoms with Crippen LogP contribution in [0.5, 0.6) is 11.5 Å². The van der Waals surface area contributed by atoms with E-state index in [0.717, 1.165) is 0 Å². The van der Waals surface area contributed by atoms with Gasteiger partial charge in [-0.05, 0) is 91.0 Å². The zero-order valence-corrected chi connectivity index (χ0v) is 21.1. The van der Waals surface area contributed by atoms with Gasteiger partial charge in [0.15, 0.2) is 0 Å². The second-order valence-electron chi connectivity index (χ2n) is 8.20. The number of nitrogens with one attached hydrogen (secondary N) is 2. The molecule has 9 nitrogen and oxygen atoms in total. The summed E-state index contributed by atoms with van der Waals surface area (Å²) in [6.07, 6.45) is 0. The minimum Gasteiger partial charge on any atom is -0.465 e. The highest BCUT2D eigenvalue weighted by Crippen LogP contribution is 2.24. The van der Waals surface area contributed by atoms with Gasteiger partial charge >= 0.3 is 11.9 Å². The molecule has 0 spiro atoms. The van der Waals surface area contributed by atoms with E-state index in [0.29, 0.717) is 45.1 Å². The van der Waals surface area contributed by atoms with Crippen molar-refractivity contribution in [2.24, 2.45) is 0 Å². The molecule has 0 aromatic heterocycles. The average Bonchev–Trinajstić information content (AvgIpc) is 2.97. The summed E-state index contributed by atoms with van der Waals surface area (Å²) in [5.74, 6) is -0.681. The van der Waals surface area contributed by atoms with Crippen LogP contribution in [-0.4, -0.2) is 38.0 Å². The zero-order valence-electron chi connectivity index (χ0n) is 21.1. The van der Waals surface area contributed by atoms with E-state index < -0.39 is 11.9 Å². The molecule has 196 valence electrons. The molecule has 39 heavy (non-hydrogen) atoms. The molecule has 0 saturated heterocycles. The Labute approximate surface area is 224 Å². The molecule has 2 amide bonds. The summed E-state index contributed by atoms with van der Waals surface area (Å²) in [5, 5.41) is 5.53. The van der Waals surface area contributed by atoms with E-state index >= 15 is 0 Å². The Morgan fingerprint density at radius 2 is 0.974 bits per heavy atom. The summed E-state index contributed by atoms with van der Waals surface area (Å²) >= 11 is 0. The van der Waals surface area contributed by atoms with Gasteiger partial charge in [0.05, 0.1) is 25.3 Å². The van der Waals surface area contributed by atoms with Crippen molar-refractivity contribution >= 4 is 35.1 Å². The molecule has 0 fully saturated rings. The van der Waals surface area contributed by atoms with E-state index in [-0.39, 0.29) is 11.8 Å². The van der Waals surface area contributed by atoms with Crippen LogP contribution in [-0.2, 0) is 9.47 Å². The second-order valence-corrected chi connectivity index (χ2v) is 8.20. The number of hydrogen-bond acceptors (Lipinski definition) is 7. The van der Waals surface area contributed by atoms with Crippen molar-refractivity contribution in [1.29, 1.82) is 0 Å². The first-order valence-corrected chi connectivity index (χ1v) is 11.7. The molecular weight excluding hydrogens is 500 g/mol. The third-order valence-corrected chi connectivity index (χ3v) is 5.58. The molecule has 4 aromatic carbocycles. The Hall–Kier alpha value is -5.44. The maximum atomic E-state index is 12.7. The lowest BCUT2D eigenvalue weighted by molar-refractivity contribution is 0.0592. The van der Waals surface area contributed by atoms with Crippen LogP contribution < -0.4 is 15.4 Å². The summed E-state index contributed by atoms with van der Waals surface area (Å²) in [4.78, 5) is 48.4. The van der Waals surface area contributed by atoms with Crippen LogP contribution >= 0.6 is 0 Å². The van der Waals surface area contributed by atoms with Crippen molar-refractivity contribution in [2.75, 3.05) is 24.9 Å². The lowest BCUT2D eigenvalue weighted by Crippen LogP contribution is -2.12. The molecule has 4 aromatic rings. The molecule has 4 rings (SSSR count). The zero-order chi connectivity index (χ0) is 27.8. The highest BCUT2D eigenvalue weighted by Gasteiger charge is 2.11. The Kier molecular flexibility index (Phi) is 8.33. The van der Waals surface area contributed by atoms with Crippen molar-refractivity contribution in [3.63, 3.8) is 0 Å². The van der Waals surface area contributed by atoms with E-state index in [2.05, 4.69) is 20.1 Å². The van der Waals surface area contributed by atoms with Crippen LogP contribution in [0.1, 0.15) is 41.4 Å². The third-order valence-electron chi connectivity index (χ3n) is 5.58. The van der Waals surface area contributed by atoms with Crippen LogP contribution in [0.2, 0.25) is 0 Å². The Balaban J connectivity index is 1.36. The normalized spacial score (nSPS) is 10.2. The summed E-state index contributed by atoms with van der Waals surface area (Å²) < 4.78 is 15.2. The number of benzene rings is 4. The Bertz CT molecular complexity index is 1500. The fourth-order valence-electron chi connectivity index (χ4n) is 3.53. The van der Waals surface area contributed by atoms with Gasteiger partial charge in [0.1, 0.15) is 11.5 Å². The number of anilines is 2. The molecular formula is C30H24N2O7. The maximum Gasteiger partial charge on any atom is 0.337 e. The predicted molar refractivity (Wildman–Crippen MR) is 144 cm³/mol. The topological polar surface area (TPSA) is 120 Å². The molecule has 0 saturated carbocycles. The van der Waals surface area contributed by atoms with Crippen LogP contribution in [0, 0.1) is 0 Å². The fourth-order valence-corrected chi connectivity index (χ4v) is 3.53. The Morgan fingerprint density at radius 1 is 0.513 bits per heavy atom. The summed E-state index contributed by atoms with van der Waals surface area (Å²) in [7, 11) is 2.60. The van der Waals surface area contributed by atoms with Crippen LogP contribution in [0.15, 0.2) is 97.1 Å². The van der Waals surface area contributed by atoms with Crippen LogP contribution in [0.3, 0.4) is 0 Å². The predicted octanol–water partition coefficient (Wildman–Crippen LogP) is 5.56. The number of amides is 2. The summed E-state index contributed by atoms with van der Waals surface area (Å²) in [5.41, 5.74) is 2.59. The van der Waals surface area contributed by atoms with Crippen molar-refractivity contribution < 1.29 is 33.4 Å². The number of carbonyl (C=O) groups is 4. The first kappa shape index (κ1) is 26.6. The molecule has 2 N–H and O–H groups in total. The summed E-state index contributed by atoms with van der Waals surface area (Å²) in [6, 6.07) is 25.9.